The van der Waals surface area contributed by atoms with Gasteiger partial charge in [-0.15, -0.1) is 0 Å². The Bertz CT molecular complexity index is 1340. The van der Waals surface area contributed by atoms with Gasteiger partial charge in [0.1, 0.15) is 6.54 Å². The highest BCUT2D eigenvalue weighted by Crippen LogP contribution is 2.23. The Kier molecular flexibility index (Phi) is 5.95. The number of benzene rings is 2. The number of carbonyl (C=O) groups is 3. The van der Waals surface area contributed by atoms with Crippen LogP contribution >= 0.6 is 0 Å². The minimum atomic E-state index is -0.701. The van der Waals surface area contributed by atoms with E-state index in [-0.39, 0.29) is 24.2 Å². The minimum Gasteiger partial charge on any atom is -0.363 e. The molecule has 0 saturated carbocycles. The average molecular weight is 444 g/mol. The first-order valence-corrected chi connectivity index (χ1v) is 10.4. The summed E-state index contributed by atoms with van der Waals surface area (Å²) in [6.07, 6.45) is 1.91. The number of hydrogen-bond acceptors (Lipinski definition) is 4. The van der Waals surface area contributed by atoms with Crippen molar-refractivity contribution in [3.8, 4) is 0 Å². The second-order valence-corrected chi connectivity index (χ2v) is 7.69. The molecule has 4 aromatic rings. The second-order valence-electron chi connectivity index (χ2n) is 7.69. The van der Waals surface area contributed by atoms with Crippen molar-refractivity contribution < 1.29 is 14.4 Å². The predicted molar refractivity (Wildman–Crippen MR) is 126 cm³/mol. The fraction of sp³-hybridized carbons (Fsp3) is 0.167. The van der Waals surface area contributed by atoms with E-state index in [4.69, 9.17) is 5.73 Å². The third kappa shape index (κ3) is 4.62. The van der Waals surface area contributed by atoms with E-state index in [1.165, 1.54) is 6.92 Å². The van der Waals surface area contributed by atoms with Crippen molar-refractivity contribution >= 4 is 40.1 Å². The smallest absolute Gasteiger partial charge is 0.284 e. The van der Waals surface area contributed by atoms with E-state index < -0.39 is 5.91 Å². The number of nitrogens with zero attached hydrogens (tertiary/aromatic N) is 4. The van der Waals surface area contributed by atoms with Crippen LogP contribution in [0, 0.1) is 0 Å². The molecule has 0 unspecified atom stereocenters. The van der Waals surface area contributed by atoms with Crippen LogP contribution < -0.4 is 16.0 Å². The number of primary amides is 1. The zero-order valence-electron chi connectivity index (χ0n) is 18.4. The first kappa shape index (κ1) is 21.8. The minimum absolute atomic E-state index is 0.0318. The van der Waals surface area contributed by atoms with Crippen molar-refractivity contribution in [3.05, 3.63) is 78.4 Å². The van der Waals surface area contributed by atoms with E-state index in [1.807, 2.05) is 42.1 Å². The van der Waals surface area contributed by atoms with Crippen molar-refractivity contribution in [2.75, 3.05) is 10.2 Å². The number of amides is 3. The van der Waals surface area contributed by atoms with Crippen LogP contribution in [0.3, 0.4) is 0 Å². The Hall–Kier alpha value is -4.40. The molecule has 9 heteroatoms. The molecular weight excluding hydrogens is 420 g/mol. The molecule has 0 bridgehead atoms. The van der Waals surface area contributed by atoms with Crippen molar-refractivity contribution in [1.82, 2.24) is 14.1 Å². The Balaban J connectivity index is 1.70. The summed E-state index contributed by atoms with van der Waals surface area (Å²) in [6.45, 7) is 1.64. The van der Waals surface area contributed by atoms with Crippen LogP contribution in [0.5, 0.6) is 0 Å². The Labute approximate surface area is 190 Å². The largest absolute Gasteiger partial charge is 0.363 e. The van der Waals surface area contributed by atoms with Gasteiger partial charge >= 0.3 is 0 Å². The summed E-state index contributed by atoms with van der Waals surface area (Å²) in [7, 11) is 1.91. The standard InChI is InChI=1S/C24H24N6O3/c1-16(31)26-17-9-11-18(12-10-17)29(14-19-6-5-13-28(19)2)22(32)15-30-21-8-4-3-7-20(21)27-24(30)23(25)33/h3-13H,14-15H2,1-2H3,(H2,25,33)(H,26,31). The van der Waals surface area contributed by atoms with Crippen LogP contribution in [0.2, 0.25) is 0 Å². The summed E-state index contributed by atoms with van der Waals surface area (Å²) in [5, 5.41) is 2.72. The number of imidazole rings is 1. The zero-order valence-corrected chi connectivity index (χ0v) is 18.4. The Morgan fingerprint density at radius 2 is 1.76 bits per heavy atom. The van der Waals surface area contributed by atoms with Crippen LogP contribution in [0.1, 0.15) is 23.2 Å². The summed E-state index contributed by atoms with van der Waals surface area (Å²) in [4.78, 5) is 42.9. The Morgan fingerprint density at radius 1 is 1.03 bits per heavy atom. The molecule has 0 saturated heterocycles. The quantitative estimate of drug-likeness (QED) is 0.456. The number of fused-ring (bicyclic) bond motifs is 1. The third-order valence-electron chi connectivity index (χ3n) is 5.34. The maximum atomic E-state index is 13.6. The molecular formula is C24H24N6O3. The summed E-state index contributed by atoms with van der Waals surface area (Å²) >= 11 is 0. The highest BCUT2D eigenvalue weighted by molar-refractivity contribution is 5.98. The van der Waals surface area contributed by atoms with Gasteiger partial charge in [0.25, 0.3) is 5.91 Å². The van der Waals surface area contributed by atoms with Gasteiger partial charge < -0.3 is 25.1 Å². The molecule has 168 valence electrons. The van der Waals surface area contributed by atoms with Crippen molar-refractivity contribution in [3.63, 3.8) is 0 Å². The molecule has 3 N–H and O–H groups in total. The number of carbonyl (C=O) groups excluding carboxylic acids is 3. The highest BCUT2D eigenvalue weighted by Gasteiger charge is 2.22. The number of nitrogens with two attached hydrogens (primary N) is 1. The molecule has 9 nitrogen and oxygen atoms in total. The lowest BCUT2D eigenvalue weighted by Gasteiger charge is -2.24. The molecule has 2 aromatic carbocycles. The number of aromatic nitrogens is 3. The van der Waals surface area contributed by atoms with E-state index in [1.54, 1.807) is 45.9 Å². The summed E-state index contributed by atoms with van der Waals surface area (Å²) in [5.41, 5.74) is 9.00. The van der Waals surface area contributed by atoms with E-state index in [0.717, 1.165) is 5.69 Å². The monoisotopic (exact) mass is 444 g/mol. The summed E-state index contributed by atoms with van der Waals surface area (Å²) < 4.78 is 3.48. The van der Waals surface area contributed by atoms with Crippen LogP contribution in [0.15, 0.2) is 66.9 Å². The van der Waals surface area contributed by atoms with Gasteiger partial charge in [-0.25, -0.2) is 4.98 Å². The molecule has 0 spiro atoms. The van der Waals surface area contributed by atoms with Gasteiger partial charge in [0, 0.05) is 37.2 Å². The topological polar surface area (TPSA) is 115 Å². The number of nitrogens with one attached hydrogen (secondary N) is 1. The van der Waals surface area contributed by atoms with Gasteiger partial charge in [-0.3, -0.25) is 14.4 Å². The highest BCUT2D eigenvalue weighted by atomic mass is 16.2. The van der Waals surface area contributed by atoms with Gasteiger partial charge in [0.15, 0.2) is 5.82 Å². The molecule has 0 aliphatic carbocycles. The van der Waals surface area contributed by atoms with Crippen LogP contribution in [-0.2, 0) is 29.7 Å². The fourth-order valence-electron chi connectivity index (χ4n) is 3.72. The summed E-state index contributed by atoms with van der Waals surface area (Å²) in [5.74, 6) is -1.09. The van der Waals surface area contributed by atoms with E-state index in [2.05, 4.69) is 10.3 Å². The molecule has 2 heterocycles. The first-order chi connectivity index (χ1) is 15.8. The van der Waals surface area contributed by atoms with Crippen molar-refractivity contribution in [2.45, 2.75) is 20.0 Å². The van der Waals surface area contributed by atoms with Gasteiger partial charge in [-0.05, 0) is 48.5 Å². The summed E-state index contributed by atoms with van der Waals surface area (Å²) in [6, 6.07) is 18.1. The molecule has 0 aliphatic rings. The molecule has 0 aliphatic heterocycles. The van der Waals surface area contributed by atoms with Gasteiger partial charge in [0.05, 0.1) is 17.6 Å². The average Bonchev–Trinajstić information content (AvgIpc) is 3.36. The maximum absolute atomic E-state index is 13.6. The van der Waals surface area contributed by atoms with Crippen molar-refractivity contribution in [1.29, 1.82) is 0 Å². The Morgan fingerprint density at radius 3 is 2.39 bits per heavy atom. The molecule has 2 aromatic heterocycles. The first-order valence-electron chi connectivity index (χ1n) is 10.4. The number of para-hydroxylation sites is 2. The molecule has 3 amide bonds. The predicted octanol–water partition coefficient (Wildman–Crippen LogP) is 2.67. The number of aryl methyl sites for hydroxylation is 1. The normalized spacial score (nSPS) is 10.8. The van der Waals surface area contributed by atoms with Crippen LogP contribution in [0.25, 0.3) is 11.0 Å². The van der Waals surface area contributed by atoms with Gasteiger partial charge in [-0.2, -0.15) is 0 Å². The number of rotatable bonds is 7. The van der Waals surface area contributed by atoms with Gasteiger partial charge in [0.2, 0.25) is 11.8 Å². The van der Waals surface area contributed by atoms with Crippen LogP contribution in [-0.4, -0.2) is 31.8 Å². The molecule has 0 fully saturated rings. The number of anilines is 2. The maximum Gasteiger partial charge on any atom is 0.284 e. The number of hydrogen-bond donors (Lipinski definition) is 2. The third-order valence-corrected chi connectivity index (χ3v) is 5.34. The lowest BCUT2D eigenvalue weighted by atomic mass is 10.2. The molecule has 0 radical (unpaired) electrons. The fourth-order valence-corrected chi connectivity index (χ4v) is 3.72. The zero-order chi connectivity index (χ0) is 23.5. The van der Waals surface area contributed by atoms with E-state index in [9.17, 15) is 14.4 Å². The molecule has 0 atom stereocenters. The lowest BCUT2D eigenvalue weighted by Crippen LogP contribution is -2.35. The van der Waals surface area contributed by atoms with Crippen LogP contribution in [0.4, 0.5) is 11.4 Å². The lowest BCUT2D eigenvalue weighted by molar-refractivity contribution is -0.119. The second kappa shape index (κ2) is 8.99. The van der Waals surface area contributed by atoms with Gasteiger partial charge in [-0.1, -0.05) is 12.1 Å². The van der Waals surface area contributed by atoms with E-state index >= 15 is 0 Å². The molecule has 33 heavy (non-hydrogen) atoms. The van der Waals surface area contributed by atoms with Crippen molar-refractivity contribution in [2.24, 2.45) is 12.8 Å². The molecule has 4 rings (SSSR count). The SMILES string of the molecule is CC(=O)Nc1ccc(N(Cc2cccn2C)C(=O)Cn2c(C(N)=O)nc3ccccc32)cc1. The van der Waals surface area contributed by atoms with E-state index in [0.29, 0.717) is 29.0 Å².